The Morgan fingerprint density at radius 1 is 0.865 bits per heavy atom. The zero-order chi connectivity index (χ0) is 26.6. The van der Waals surface area contributed by atoms with Gasteiger partial charge < -0.3 is 9.64 Å². The van der Waals surface area contributed by atoms with E-state index in [1.807, 2.05) is 24.3 Å². The van der Waals surface area contributed by atoms with Gasteiger partial charge in [-0.05, 0) is 65.9 Å². The second-order valence-corrected chi connectivity index (χ2v) is 10.3. The van der Waals surface area contributed by atoms with E-state index in [0.29, 0.717) is 29.0 Å². The fourth-order valence-corrected chi connectivity index (χ4v) is 4.32. The minimum Gasteiger partial charge on any atom is -0.494 e. The maximum Gasteiger partial charge on any atom is 0.261 e. The monoisotopic (exact) mass is 498 g/mol. The van der Waals surface area contributed by atoms with Crippen molar-refractivity contribution in [2.24, 2.45) is 0 Å². The summed E-state index contributed by atoms with van der Waals surface area (Å²) >= 11 is 0. The molecule has 0 aromatic heterocycles. The highest BCUT2D eigenvalue weighted by Crippen LogP contribution is 2.27. The highest BCUT2D eigenvalue weighted by molar-refractivity contribution is 6.21. The van der Waals surface area contributed by atoms with Crippen LogP contribution in [-0.2, 0) is 5.41 Å². The highest BCUT2D eigenvalue weighted by Gasteiger charge is 2.35. The van der Waals surface area contributed by atoms with Crippen LogP contribution in [0.2, 0.25) is 0 Å². The van der Waals surface area contributed by atoms with Crippen molar-refractivity contribution in [2.75, 3.05) is 24.6 Å². The molecule has 192 valence electrons. The average Bonchev–Trinajstić information content (AvgIpc) is 3.14. The number of carbonyl (C=O) groups is 3. The zero-order valence-corrected chi connectivity index (χ0v) is 22.0. The Kier molecular flexibility index (Phi) is 7.77. The molecule has 1 aliphatic heterocycles. The Hall–Kier alpha value is -3.93. The number of unbranched alkanes of at least 4 members (excludes halogenated alkanes) is 1. The lowest BCUT2D eigenvalue weighted by atomic mass is 9.87. The van der Waals surface area contributed by atoms with E-state index in [4.69, 9.17) is 4.74 Å². The smallest absolute Gasteiger partial charge is 0.261 e. The molecule has 37 heavy (non-hydrogen) atoms. The van der Waals surface area contributed by atoms with Crippen LogP contribution < -0.4 is 9.64 Å². The first-order valence-corrected chi connectivity index (χ1v) is 12.8. The minimum atomic E-state index is -0.329. The maximum atomic E-state index is 13.7. The molecule has 6 nitrogen and oxygen atoms in total. The van der Waals surface area contributed by atoms with Gasteiger partial charge in [-0.2, -0.15) is 0 Å². The zero-order valence-electron chi connectivity index (χ0n) is 22.0. The number of rotatable bonds is 9. The van der Waals surface area contributed by atoms with Gasteiger partial charge in [0.2, 0.25) is 0 Å². The fraction of sp³-hybridized carbons (Fsp3) is 0.323. The molecular weight excluding hydrogens is 464 g/mol. The van der Waals surface area contributed by atoms with Crippen LogP contribution in [0.15, 0.2) is 72.8 Å². The largest absolute Gasteiger partial charge is 0.494 e. The number of amides is 3. The molecule has 0 aliphatic carbocycles. The molecule has 1 aliphatic rings. The normalized spacial score (nSPS) is 13.0. The van der Waals surface area contributed by atoms with Crippen LogP contribution in [0.4, 0.5) is 5.69 Å². The SMILES string of the molecule is CCCCOc1ccc(C(=O)N(CCN2C(=O)c3ccccc3C2=O)c2ccc(C(C)(C)C)cc2)cc1. The number of ether oxygens (including phenoxy) is 1. The maximum absolute atomic E-state index is 13.7. The molecule has 0 radical (unpaired) electrons. The highest BCUT2D eigenvalue weighted by atomic mass is 16.5. The summed E-state index contributed by atoms with van der Waals surface area (Å²) in [6.07, 6.45) is 2.02. The van der Waals surface area contributed by atoms with Crippen molar-refractivity contribution in [2.45, 2.75) is 46.0 Å². The summed E-state index contributed by atoms with van der Waals surface area (Å²) < 4.78 is 5.73. The van der Waals surface area contributed by atoms with Crippen molar-refractivity contribution in [3.63, 3.8) is 0 Å². The Morgan fingerprint density at radius 2 is 1.46 bits per heavy atom. The predicted octanol–water partition coefficient (Wildman–Crippen LogP) is 6.11. The van der Waals surface area contributed by atoms with Crippen LogP contribution in [0.25, 0.3) is 0 Å². The second kappa shape index (κ2) is 11.0. The average molecular weight is 499 g/mol. The molecule has 0 saturated heterocycles. The minimum absolute atomic E-state index is 0.0266. The summed E-state index contributed by atoms with van der Waals surface area (Å²) in [7, 11) is 0. The Bertz CT molecular complexity index is 1240. The molecule has 0 unspecified atom stereocenters. The summed E-state index contributed by atoms with van der Waals surface area (Å²) in [5.74, 6) is -0.147. The lowest BCUT2D eigenvalue weighted by molar-refractivity contribution is 0.0654. The molecule has 0 saturated carbocycles. The van der Waals surface area contributed by atoms with Gasteiger partial charge in [0, 0.05) is 24.3 Å². The van der Waals surface area contributed by atoms with E-state index < -0.39 is 0 Å². The fourth-order valence-electron chi connectivity index (χ4n) is 4.32. The van der Waals surface area contributed by atoms with Gasteiger partial charge in [-0.1, -0.05) is 58.4 Å². The molecule has 3 amide bonds. The predicted molar refractivity (Wildman–Crippen MR) is 145 cm³/mol. The Morgan fingerprint density at radius 3 is 2.00 bits per heavy atom. The molecule has 0 spiro atoms. The van der Waals surface area contributed by atoms with Crippen LogP contribution >= 0.6 is 0 Å². The lowest BCUT2D eigenvalue weighted by Gasteiger charge is -2.26. The van der Waals surface area contributed by atoms with Crippen LogP contribution in [-0.4, -0.2) is 42.3 Å². The van der Waals surface area contributed by atoms with E-state index in [1.165, 1.54) is 4.90 Å². The van der Waals surface area contributed by atoms with Crippen LogP contribution in [0.1, 0.15) is 77.2 Å². The van der Waals surface area contributed by atoms with E-state index in [9.17, 15) is 14.4 Å². The molecule has 0 fully saturated rings. The van der Waals surface area contributed by atoms with Crippen molar-refractivity contribution in [3.05, 3.63) is 95.1 Å². The third-order valence-corrected chi connectivity index (χ3v) is 6.58. The van der Waals surface area contributed by atoms with Crippen LogP contribution in [0, 0.1) is 0 Å². The molecule has 0 bridgehead atoms. The lowest BCUT2D eigenvalue weighted by Crippen LogP contribution is -2.41. The van der Waals surface area contributed by atoms with E-state index in [1.54, 1.807) is 53.4 Å². The van der Waals surface area contributed by atoms with Gasteiger partial charge in [0.15, 0.2) is 0 Å². The summed E-state index contributed by atoms with van der Waals surface area (Å²) in [6, 6.07) is 21.8. The van der Waals surface area contributed by atoms with Gasteiger partial charge in [0.25, 0.3) is 17.7 Å². The third-order valence-electron chi connectivity index (χ3n) is 6.58. The molecule has 0 atom stereocenters. The van der Waals surface area contributed by atoms with Gasteiger partial charge in [-0.3, -0.25) is 19.3 Å². The Labute approximate surface area is 218 Å². The molecule has 0 N–H and O–H groups in total. The summed E-state index contributed by atoms with van der Waals surface area (Å²) in [5, 5.41) is 0. The van der Waals surface area contributed by atoms with Crippen molar-refractivity contribution in [1.29, 1.82) is 0 Å². The number of benzene rings is 3. The molecule has 6 heteroatoms. The number of carbonyl (C=O) groups excluding carboxylic acids is 3. The molecule has 3 aromatic rings. The third kappa shape index (κ3) is 5.74. The van der Waals surface area contributed by atoms with E-state index in [2.05, 4.69) is 27.7 Å². The Balaban J connectivity index is 1.57. The first kappa shape index (κ1) is 26.1. The molecular formula is C31H34N2O4. The van der Waals surface area contributed by atoms with Gasteiger partial charge in [0.1, 0.15) is 5.75 Å². The first-order chi connectivity index (χ1) is 17.7. The van der Waals surface area contributed by atoms with Crippen molar-refractivity contribution < 1.29 is 19.1 Å². The summed E-state index contributed by atoms with van der Waals surface area (Å²) in [5.41, 5.74) is 3.14. The number of nitrogens with zero attached hydrogens (tertiary/aromatic N) is 2. The number of hydrogen-bond acceptors (Lipinski definition) is 4. The second-order valence-electron chi connectivity index (χ2n) is 10.3. The van der Waals surface area contributed by atoms with Crippen molar-refractivity contribution in [3.8, 4) is 5.75 Å². The number of fused-ring (bicyclic) bond motifs is 1. The number of imide groups is 1. The summed E-state index contributed by atoms with van der Waals surface area (Å²) in [6.45, 7) is 9.42. The molecule has 3 aromatic carbocycles. The van der Waals surface area contributed by atoms with E-state index >= 15 is 0 Å². The van der Waals surface area contributed by atoms with Crippen LogP contribution in [0.5, 0.6) is 5.75 Å². The van der Waals surface area contributed by atoms with Gasteiger partial charge in [-0.15, -0.1) is 0 Å². The van der Waals surface area contributed by atoms with Crippen molar-refractivity contribution >= 4 is 23.4 Å². The number of anilines is 1. The van der Waals surface area contributed by atoms with Crippen molar-refractivity contribution in [1.82, 2.24) is 4.90 Å². The summed E-state index contributed by atoms with van der Waals surface area (Å²) in [4.78, 5) is 42.3. The van der Waals surface area contributed by atoms with Gasteiger partial charge in [0.05, 0.1) is 17.7 Å². The van der Waals surface area contributed by atoms with E-state index in [0.717, 1.165) is 24.2 Å². The molecule has 1 heterocycles. The first-order valence-electron chi connectivity index (χ1n) is 12.8. The molecule has 4 rings (SSSR count). The number of hydrogen-bond donors (Lipinski definition) is 0. The quantitative estimate of drug-likeness (QED) is 0.264. The topological polar surface area (TPSA) is 66.9 Å². The van der Waals surface area contributed by atoms with E-state index in [-0.39, 0.29) is 36.2 Å². The standard InChI is InChI=1S/C31H34N2O4/c1-5-6-21-37-25-17-11-22(12-18-25)28(34)32(24-15-13-23(14-16-24)31(2,3)4)19-20-33-29(35)26-9-7-8-10-27(26)30(33)36/h7-18H,5-6,19-21H2,1-4H3. The van der Waals surface area contributed by atoms with Gasteiger partial charge >= 0.3 is 0 Å². The van der Waals surface area contributed by atoms with Gasteiger partial charge in [-0.25, -0.2) is 0 Å². The van der Waals surface area contributed by atoms with Crippen LogP contribution in [0.3, 0.4) is 0 Å².